The van der Waals surface area contributed by atoms with Crippen molar-refractivity contribution in [3.63, 3.8) is 0 Å². The van der Waals surface area contributed by atoms with Crippen molar-refractivity contribution < 1.29 is 9.84 Å². The topological polar surface area (TPSA) is 32.7 Å². The number of hydrogen-bond donors (Lipinski definition) is 1. The van der Waals surface area contributed by atoms with E-state index in [9.17, 15) is 5.11 Å². The van der Waals surface area contributed by atoms with Crippen molar-refractivity contribution in [1.82, 2.24) is 4.90 Å². The third-order valence-corrected chi connectivity index (χ3v) is 3.99. The number of rotatable bonds is 5. The second-order valence-corrected chi connectivity index (χ2v) is 5.56. The monoisotopic (exact) mass is 263 g/mol. The zero-order valence-corrected chi connectivity index (χ0v) is 12.0. The summed E-state index contributed by atoms with van der Waals surface area (Å²) in [4.78, 5) is 2.47. The summed E-state index contributed by atoms with van der Waals surface area (Å²) in [7, 11) is 1.66. The molecule has 19 heavy (non-hydrogen) atoms. The quantitative estimate of drug-likeness (QED) is 0.886. The fourth-order valence-electron chi connectivity index (χ4n) is 2.78. The summed E-state index contributed by atoms with van der Waals surface area (Å²) in [5.41, 5.74) is 0.977. The lowest BCUT2D eigenvalue weighted by Crippen LogP contribution is -2.35. The van der Waals surface area contributed by atoms with E-state index in [2.05, 4.69) is 11.8 Å². The summed E-state index contributed by atoms with van der Waals surface area (Å²) in [6.07, 6.45) is 3.55. The first-order chi connectivity index (χ1) is 9.20. The highest BCUT2D eigenvalue weighted by Crippen LogP contribution is 2.25. The molecule has 1 aliphatic rings. The van der Waals surface area contributed by atoms with E-state index in [4.69, 9.17) is 4.74 Å². The molecule has 0 bridgehead atoms. The third kappa shape index (κ3) is 3.95. The maximum absolute atomic E-state index is 10.4. The highest BCUT2D eigenvalue weighted by Gasteiger charge is 2.20. The van der Waals surface area contributed by atoms with Gasteiger partial charge in [-0.15, -0.1) is 0 Å². The van der Waals surface area contributed by atoms with Crippen molar-refractivity contribution in [3.8, 4) is 5.75 Å². The fourth-order valence-corrected chi connectivity index (χ4v) is 2.78. The van der Waals surface area contributed by atoms with Crippen LogP contribution >= 0.6 is 0 Å². The van der Waals surface area contributed by atoms with Crippen LogP contribution in [0.5, 0.6) is 5.75 Å². The molecule has 2 unspecified atom stereocenters. The molecule has 0 radical (unpaired) electrons. The Hall–Kier alpha value is -1.06. The molecule has 1 saturated heterocycles. The van der Waals surface area contributed by atoms with Gasteiger partial charge < -0.3 is 14.7 Å². The molecule has 2 atom stereocenters. The van der Waals surface area contributed by atoms with E-state index in [1.165, 1.54) is 32.4 Å². The zero-order valence-electron chi connectivity index (χ0n) is 12.0. The van der Waals surface area contributed by atoms with Crippen LogP contribution in [0.4, 0.5) is 0 Å². The lowest BCUT2D eigenvalue weighted by atomic mass is 9.96. The van der Waals surface area contributed by atoms with Crippen molar-refractivity contribution in [1.29, 1.82) is 0 Å². The van der Waals surface area contributed by atoms with Crippen molar-refractivity contribution in [3.05, 3.63) is 29.8 Å². The van der Waals surface area contributed by atoms with Gasteiger partial charge in [-0.1, -0.05) is 25.5 Å². The molecule has 0 aliphatic carbocycles. The van der Waals surface area contributed by atoms with E-state index >= 15 is 0 Å². The first-order valence-corrected chi connectivity index (χ1v) is 7.25. The lowest BCUT2D eigenvalue weighted by molar-refractivity contribution is 0.0820. The summed E-state index contributed by atoms with van der Waals surface area (Å²) in [6.45, 7) is 5.47. The SMILES string of the molecule is COc1ccc(C(O)C(C)CN2CCCCC2)cc1. The van der Waals surface area contributed by atoms with Gasteiger partial charge in [-0.05, 0) is 49.5 Å². The molecule has 0 aromatic heterocycles. The molecule has 1 aliphatic heterocycles. The molecular weight excluding hydrogens is 238 g/mol. The van der Waals surface area contributed by atoms with Gasteiger partial charge in [0.05, 0.1) is 13.2 Å². The van der Waals surface area contributed by atoms with Crippen LogP contribution < -0.4 is 4.74 Å². The minimum atomic E-state index is -0.396. The molecule has 106 valence electrons. The number of ether oxygens (including phenoxy) is 1. The largest absolute Gasteiger partial charge is 0.497 e. The van der Waals surface area contributed by atoms with Gasteiger partial charge in [-0.25, -0.2) is 0 Å². The van der Waals surface area contributed by atoms with Gasteiger partial charge in [-0.2, -0.15) is 0 Å². The number of benzene rings is 1. The second-order valence-electron chi connectivity index (χ2n) is 5.56. The van der Waals surface area contributed by atoms with Crippen LogP contribution in [0.25, 0.3) is 0 Å². The summed E-state index contributed by atoms with van der Waals surface area (Å²) in [6, 6.07) is 7.73. The smallest absolute Gasteiger partial charge is 0.118 e. The zero-order chi connectivity index (χ0) is 13.7. The molecule has 0 amide bonds. The summed E-state index contributed by atoms with van der Waals surface area (Å²) >= 11 is 0. The number of nitrogens with zero attached hydrogens (tertiary/aromatic N) is 1. The average molecular weight is 263 g/mol. The Morgan fingerprint density at radius 3 is 2.37 bits per heavy atom. The molecule has 1 aromatic rings. The van der Waals surface area contributed by atoms with E-state index in [0.717, 1.165) is 17.9 Å². The molecule has 1 N–H and O–H groups in total. The summed E-state index contributed by atoms with van der Waals surface area (Å²) in [5.74, 6) is 1.09. The number of likely N-dealkylation sites (tertiary alicyclic amines) is 1. The van der Waals surface area contributed by atoms with Crippen LogP contribution in [0.2, 0.25) is 0 Å². The van der Waals surface area contributed by atoms with Crippen LogP contribution in [-0.4, -0.2) is 36.8 Å². The normalized spacial score (nSPS) is 19.9. The van der Waals surface area contributed by atoms with Gasteiger partial charge in [0.2, 0.25) is 0 Å². The summed E-state index contributed by atoms with van der Waals surface area (Å²) < 4.78 is 5.14. The Bertz CT molecular complexity index is 371. The summed E-state index contributed by atoms with van der Waals surface area (Å²) in [5, 5.41) is 10.4. The molecule has 3 nitrogen and oxygen atoms in total. The minimum absolute atomic E-state index is 0.256. The minimum Gasteiger partial charge on any atom is -0.497 e. The standard InChI is InChI=1S/C16H25NO2/c1-13(12-17-10-4-3-5-11-17)16(18)14-6-8-15(19-2)9-7-14/h6-9,13,16,18H,3-5,10-12H2,1-2H3. The molecule has 0 spiro atoms. The van der Waals surface area contributed by atoms with Gasteiger partial charge >= 0.3 is 0 Å². The number of piperidine rings is 1. The van der Waals surface area contributed by atoms with Crippen molar-refractivity contribution in [2.75, 3.05) is 26.7 Å². The molecule has 2 rings (SSSR count). The van der Waals surface area contributed by atoms with Crippen LogP contribution in [0.1, 0.15) is 37.9 Å². The van der Waals surface area contributed by atoms with Gasteiger partial charge in [0.15, 0.2) is 0 Å². The first kappa shape index (κ1) is 14.4. The Balaban J connectivity index is 1.91. The predicted octanol–water partition coefficient (Wildman–Crippen LogP) is 2.85. The molecule has 0 saturated carbocycles. The fraction of sp³-hybridized carbons (Fsp3) is 0.625. The lowest BCUT2D eigenvalue weighted by Gasteiger charge is -2.31. The van der Waals surface area contributed by atoms with Crippen molar-refractivity contribution in [2.45, 2.75) is 32.3 Å². The third-order valence-electron chi connectivity index (χ3n) is 3.99. The van der Waals surface area contributed by atoms with Gasteiger partial charge in [-0.3, -0.25) is 0 Å². The molecule has 3 heteroatoms. The molecular formula is C16H25NO2. The molecule has 1 aromatic carbocycles. The maximum atomic E-state index is 10.4. The predicted molar refractivity (Wildman–Crippen MR) is 77.4 cm³/mol. The van der Waals surface area contributed by atoms with E-state index < -0.39 is 6.10 Å². The average Bonchev–Trinajstić information content (AvgIpc) is 2.47. The van der Waals surface area contributed by atoms with E-state index in [-0.39, 0.29) is 5.92 Å². The van der Waals surface area contributed by atoms with Crippen LogP contribution in [0, 0.1) is 5.92 Å². The van der Waals surface area contributed by atoms with Gasteiger partial charge in [0.25, 0.3) is 0 Å². The molecule has 1 heterocycles. The van der Waals surface area contributed by atoms with Crippen LogP contribution in [0.15, 0.2) is 24.3 Å². The Labute approximate surface area is 116 Å². The number of aliphatic hydroxyl groups is 1. The first-order valence-electron chi connectivity index (χ1n) is 7.25. The maximum Gasteiger partial charge on any atom is 0.118 e. The second kappa shape index (κ2) is 6.92. The van der Waals surface area contributed by atoms with E-state index in [0.29, 0.717) is 0 Å². The highest BCUT2D eigenvalue weighted by molar-refractivity contribution is 5.28. The van der Waals surface area contributed by atoms with Crippen molar-refractivity contribution in [2.24, 2.45) is 5.92 Å². The Kier molecular flexibility index (Phi) is 5.23. The van der Waals surface area contributed by atoms with E-state index in [1.54, 1.807) is 7.11 Å². The van der Waals surface area contributed by atoms with Gasteiger partial charge in [0.1, 0.15) is 5.75 Å². The van der Waals surface area contributed by atoms with E-state index in [1.807, 2.05) is 24.3 Å². The Morgan fingerprint density at radius 1 is 1.16 bits per heavy atom. The van der Waals surface area contributed by atoms with Crippen LogP contribution in [-0.2, 0) is 0 Å². The van der Waals surface area contributed by atoms with Gasteiger partial charge in [0, 0.05) is 6.54 Å². The van der Waals surface area contributed by atoms with Crippen LogP contribution in [0.3, 0.4) is 0 Å². The number of hydrogen-bond acceptors (Lipinski definition) is 3. The van der Waals surface area contributed by atoms with Crippen molar-refractivity contribution >= 4 is 0 Å². The Morgan fingerprint density at radius 2 is 1.79 bits per heavy atom. The highest BCUT2D eigenvalue weighted by atomic mass is 16.5. The number of aliphatic hydroxyl groups excluding tert-OH is 1. The molecule has 1 fully saturated rings. The number of methoxy groups -OCH3 is 1.